The number of anilines is 1. The lowest BCUT2D eigenvalue weighted by molar-refractivity contribution is -0.385. The highest BCUT2D eigenvalue weighted by Crippen LogP contribution is 2.43. The number of carbonyl (C=O) groups excluding carboxylic acids is 2. The van der Waals surface area contributed by atoms with E-state index >= 15 is 0 Å². The standard InChI is InChI=1S/C20H18N2O6/c1-3-10-21-15-7-5-4-6-14(15)20(25,19(21)24)12-17(23)13-8-9-18(28-2)16(11-13)22(26)27/h3-9,11,25H,1,10,12H2,2H3/t20-/m0/s1. The van der Waals surface area contributed by atoms with Crippen molar-refractivity contribution in [3.63, 3.8) is 0 Å². The summed E-state index contributed by atoms with van der Waals surface area (Å²) in [6.45, 7) is 3.79. The Morgan fingerprint density at radius 3 is 2.71 bits per heavy atom. The van der Waals surface area contributed by atoms with Crippen molar-refractivity contribution >= 4 is 23.1 Å². The predicted octanol–water partition coefficient (Wildman–Crippen LogP) is 2.60. The molecule has 8 heteroatoms. The van der Waals surface area contributed by atoms with Crippen LogP contribution in [-0.4, -0.2) is 35.4 Å². The van der Waals surface area contributed by atoms with Crippen molar-refractivity contribution in [3.8, 4) is 5.75 Å². The van der Waals surface area contributed by atoms with Crippen molar-refractivity contribution < 1.29 is 24.4 Å². The van der Waals surface area contributed by atoms with Crippen molar-refractivity contribution in [2.45, 2.75) is 12.0 Å². The number of nitro benzene ring substituents is 1. The molecular formula is C20H18N2O6. The van der Waals surface area contributed by atoms with Crippen molar-refractivity contribution in [2.75, 3.05) is 18.6 Å². The van der Waals surface area contributed by atoms with Crippen LogP contribution in [0.5, 0.6) is 5.75 Å². The number of amides is 1. The fourth-order valence-electron chi connectivity index (χ4n) is 3.33. The van der Waals surface area contributed by atoms with Gasteiger partial charge in [0.1, 0.15) is 0 Å². The molecule has 3 rings (SSSR count). The molecule has 0 aliphatic carbocycles. The Bertz CT molecular complexity index is 986. The van der Waals surface area contributed by atoms with Gasteiger partial charge in [0.15, 0.2) is 17.1 Å². The summed E-state index contributed by atoms with van der Waals surface area (Å²) in [7, 11) is 1.29. The monoisotopic (exact) mass is 382 g/mol. The lowest BCUT2D eigenvalue weighted by Gasteiger charge is -2.22. The summed E-state index contributed by atoms with van der Waals surface area (Å²) in [5.41, 5.74) is -1.59. The molecule has 1 N–H and O–H groups in total. The van der Waals surface area contributed by atoms with E-state index in [9.17, 15) is 24.8 Å². The molecule has 0 spiro atoms. The number of nitro groups is 1. The Morgan fingerprint density at radius 1 is 1.36 bits per heavy atom. The van der Waals surface area contributed by atoms with Crippen molar-refractivity contribution in [1.82, 2.24) is 0 Å². The first-order chi connectivity index (χ1) is 13.3. The number of hydrogen-bond donors (Lipinski definition) is 1. The molecule has 1 heterocycles. The minimum atomic E-state index is -2.05. The van der Waals surface area contributed by atoms with E-state index < -0.39 is 28.6 Å². The van der Waals surface area contributed by atoms with Gasteiger partial charge in [-0.25, -0.2) is 0 Å². The zero-order valence-electron chi connectivity index (χ0n) is 15.1. The Morgan fingerprint density at radius 2 is 2.07 bits per heavy atom. The van der Waals surface area contributed by atoms with Crippen LogP contribution < -0.4 is 9.64 Å². The average Bonchev–Trinajstić information content (AvgIpc) is 2.90. The van der Waals surface area contributed by atoms with Crippen molar-refractivity contribution in [3.05, 3.63) is 76.4 Å². The largest absolute Gasteiger partial charge is 0.490 e. The van der Waals surface area contributed by atoms with E-state index in [0.29, 0.717) is 11.3 Å². The van der Waals surface area contributed by atoms with Gasteiger partial charge in [-0.2, -0.15) is 0 Å². The summed E-state index contributed by atoms with van der Waals surface area (Å²) in [4.78, 5) is 37.5. The van der Waals surface area contributed by atoms with Gasteiger partial charge in [0.05, 0.1) is 24.1 Å². The molecule has 0 unspecified atom stereocenters. The van der Waals surface area contributed by atoms with E-state index in [1.807, 2.05) is 0 Å². The fraction of sp³-hybridized carbons (Fsp3) is 0.200. The normalized spacial score (nSPS) is 17.9. The number of para-hydroxylation sites is 1. The molecule has 1 aliphatic heterocycles. The maximum Gasteiger partial charge on any atom is 0.311 e. The van der Waals surface area contributed by atoms with Crippen LogP contribution >= 0.6 is 0 Å². The molecule has 28 heavy (non-hydrogen) atoms. The molecule has 0 fully saturated rings. The molecule has 0 saturated heterocycles. The zero-order valence-corrected chi connectivity index (χ0v) is 15.1. The lowest BCUT2D eigenvalue weighted by atomic mass is 9.88. The minimum absolute atomic E-state index is 0.00776. The average molecular weight is 382 g/mol. The number of carbonyl (C=O) groups is 2. The first-order valence-electron chi connectivity index (χ1n) is 8.44. The maximum atomic E-state index is 12.9. The summed E-state index contributed by atoms with van der Waals surface area (Å²) in [6, 6.07) is 10.4. The van der Waals surface area contributed by atoms with Crippen LogP contribution in [-0.2, 0) is 10.4 Å². The van der Waals surface area contributed by atoms with Crippen LogP contribution in [0.25, 0.3) is 0 Å². The van der Waals surface area contributed by atoms with Crippen LogP contribution in [0.4, 0.5) is 11.4 Å². The van der Waals surface area contributed by atoms with Crippen molar-refractivity contribution in [2.24, 2.45) is 0 Å². The molecule has 0 radical (unpaired) electrons. The summed E-state index contributed by atoms with van der Waals surface area (Å²) >= 11 is 0. The first-order valence-corrected chi connectivity index (χ1v) is 8.44. The molecule has 1 aliphatic rings. The first kappa shape index (κ1) is 19.2. The van der Waals surface area contributed by atoms with Gasteiger partial charge in [0, 0.05) is 23.7 Å². The van der Waals surface area contributed by atoms with E-state index in [0.717, 1.165) is 6.07 Å². The second-order valence-electron chi connectivity index (χ2n) is 6.33. The molecule has 144 valence electrons. The number of rotatable bonds is 7. The number of nitrogens with zero attached hydrogens (tertiary/aromatic N) is 2. The van der Waals surface area contributed by atoms with Gasteiger partial charge in [0.2, 0.25) is 0 Å². The van der Waals surface area contributed by atoms with Crippen LogP contribution in [0.15, 0.2) is 55.1 Å². The van der Waals surface area contributed by atoms with Crippen LogP contribution in [0.2, 0.25) is 0 Å². The summed E-state index contributed by atoms with van der Waals surface area (Å²) < 4.78 is 4.93. The summed E-state index contributed by atoms with van der Waals surface area (Å²) in [6.07, 6.45) is 0.981. The van der Waals surface area contributed by atoms with E-state index in [1.54, 1.807) is 24.3 Å². The molecule has 8 nitrogen and oxygen atoms in total. The third-order valence-electron chi connectivity index (χ3n) is 4.66. The Kier molecular flexibility index (Phi) is 4.98. The summed E-state index contributed by atoms with van der Waals surface area (Å²) in [5, 5.41) is 22.3. The highest BCUT2D eigenvalue weighted by Gasteiger charge is 2.50. The molecule has 1 amide bonds. The number of hydrogen-bond acceptors (Lipinski definition) is 6. The van der Waals surface area contributed by atoms with E-state index in [1.165, 1.54) is 30.2 Å². The molecule has 2 aromatic carbocycles. The van der Waals surface area contributed by atoms with E-state index in [2.05, 4.69) is 6.58 Å². The third-order valence-corrected chi connectivity index (χ3v) is 4.66. The van der Waals surface area contributed by atoms with Crippen LogP contribution in [0.1, 0.15) is 22.3 Å². The third kappa shape index (κ3) is 3.03. The predicted molar refractivity (Wildman–Crippen MR) is 101 cm³/mol. The maximum absolute atomic E-state index is 12.9. The quantitative estimate of drug-likeness (QED) is 0.341. The highest BCUT2D eigenvalue weighted by molar-refractivity contribution is 6.11. The number of ether oxygens (including phenoxy) is 1. The van der Waals surface area contributed by atoms with Gasteiger partial charge in [0.25, 0.3) is 5.91 Å². The van der Waals surface area contributed by atoms with Crippen LogP contribution in [0.3, 0.4) is 0 Å². The highest BCUT2D eigenvalue weighted by atomic mass is 16.6. The molecule has 0 aromatic heterocycles. The smallest absolute Gasteiger partial charge is 0.311 e. The van der Waals surface area contributed by atoms with Gasteiger partial charge < -0.3 is 14.7 Å². The lowest BCUT2D eigenvalue weighted by Crippen LogP contribution is -2.41. The molecule has 1 atom stereocenters. The van der Waals surface area contributed by atoms with Crippen molar-refractivity contribution in [1.29, 1.82) is 0 Å². The number of aliphatic hydroxyl groups is 1. The zero-order chi connectivity index (χ0) is 20.5. The van der Waals surface area contributed by atoms with E-state index in [4.69, 9.17) is 4.74 Å². The number of fused-ring (bicyclic) bond motifs is 1. The molecule has 2 aromatic rings. The Labute approximate surface area is 160 Å². The van der Waals surface area contributed by atoms with E-state index in [-0.39, 0.29) is 23.5 Å². The number of ketones is 1. The van der Waals surface area contributed by atoms with Gasteiger partial charge in [-0.1, -0.05) is 24.3 Å². The van der Waals surface area contributed by atoms with Gasteiger partial charge in [-0.15, -0.1) is 6.58 Å². The number of methoxy groups -OCH3 is 1. The topological polar surface area (TPSA) is 110 Å². The number of benzene rings is 2. The fourth-order valence-corrected chi connectivity index (χ4v) is 3.33. The second-order valence-corrected chi connectivity index (χ2v) is 6.33. The van der Waals surface area contributed by atoms with Gasteiger partial charge in [-0.05, 0) is 18.2 Å². The summed E-state index contributed by atoms with van der Waals surface area (Å²) in [5.74, 6) is -1.22. The second kappa shape index (κ2) is 7.24. The number of Topliss-reactive ketones (excluding diaryl/α,β-unsaturated/α-hetero) is 1. The van der Waals surface area contributed by atoms with Gasteiger partial charge >= 0.3 is 5.69 Å². The SMILES string of the molecule is C=CCN1C(=O)[C@](O)(CC(=O)c2ccc(OC)c([N+](=O)[O-])c2)c2ccccc21. The van der Waals surface area contributed by atoms with Crippen LogP contribution in [0, 0.1) is 10.1 Å². The molecule has 0 saturated carbocycles. The van der Waals surface area contributed by atoms with Gasteiger partial charge in [-0.3, -0.25) is 19.7 Å². The Hall–Kier alpha value is -3.52. The molecule has 0 bridgehead atoms. The Balaban J connectivity index is 1.98. The molecular weight excluding hydrogens is 364 g/mol. The minimum Gasteiger partial charge on any atom is -0.490 e.